The van der Waals surface area contributed by atoms with Gasteiger partial charge in [0.1, 0.15) is 6.61 Å². The number of aliphatic hydroxyl groups is 3. The Morgan fingerprint density at radius 2 is 1.15 bits per heavy atom. The van der Waals surface area contributed by atoms with Crippen LogP contribution >= 0.6 is 7.82 Å². The van der Waals surface area contributed by atoms with Gasteiger partial charge in [-0.05, 0) is 57.8 Å². The lowest BCUT2D eigenvalue weighted by Crippen LogP contribution is -2.29. The predicted molar refractivity (Wildman–Crippen MR) is 220 cm³/mol. The van der Waals surface area contributed by atoms with E-state index in [1.54, 1.807) is 42.5 Å². The van der Waals surface area contributed by atoms with Gasteiger partial charge in [0.25, 0.3) is 0 Å². The topological polar surface area (TPSA) is 180 Å². The molecule has 0 aliphatic rings. The summed E-state index contributed by atoms with van der Waals surface area (Å²) in [6.07, 6.45) is 38.2. The molecular weight excluding hydrogens is 723 g/mol. The molecule has 0 aromatic rings. The molecule has 0 aliphatic heterocycles. The molecule has 314 valence electrons. The molecule has 0 bridgehead atoms. The van der Waals surface area contributed by atoms with E-state index in [2.05, 4.69) is 42.7 Å². The fourth-order valence-corrected chi connectivity index (χ4v) is 5.43. The number of esters is 2. The maximum Gasteiger partial charge on any atom is 0.469 e. The van der Waals surface area contributed by atoms with Crippen LogP contribution in [0.2, 0.25) is 0 Å². The van der Waals surface area contributed by atoms with Crippen molar-refractivity contribution in [3.05, 3.63) is 85.1 Å². The van der Waals surface area contributed by atoms with Crippen LogP contribution in [0.3, 0.4) is 0 Å². The van der Waals surface area contributed by atoms with E-state index in [-0.39, 0.29) is 25.7 Å². The number of hydrogen-bond acceptors (Lipinski definition) is 9. The van der Waals surface area contributed by atoms with Crippen molar-refractivity contribution in [3.8, 4) is 0 Å². The van der Waals surface area contributed by atoms with E-state index in [9.17, 15) is 29.5 Å². The summed E-state index contributed by atoms with van der Waals surface area (Å²) < 4.78 is 26.1. The summed E-state index contributed by atoms with van der Waals surface area (Å²) in [5.41, 5.74) is 0. The van der Waals surface area contributed by atoms with Gasteiger partial charge >= 0.3 is 19.8 Å². The molecule has 12 heteroatoms. The Balaban J connectivity index is 4.38. The van der Waals surface area contributed by atoms with Gasteiger partial charge in [-0.2, -0.15) is 0 Å². The summed E-state index contributed by atoms with van der Waals surface area (Å²) in [4.78, 5) is 42.8. The second kappa shape index (κ2) is 36.7. The molecule has 0 fully saturated rings. The molecule has 0 aromatic heterocycles. The Bertz CT molecular complexity index is 1210. The van der Waals surface area contributed by atoms with Crippen LogP contribution < -0.4 is 0 Å². The third-order valence-corrected chi connectivity index (χ3v) is 8.74. The fraction of sp³-hybridized carbons (Fsp3) is 0.628. The third kappa shape index (κ3) is 37.8. The fourth-order valence-electron chi connectivity index (χ4n) is 5.07. The van der Waals surface area contributed by atoms with Crippen molar-refractivity contribution in [2.45, 2.75) is 160 Å². The van der Waals surface area contributed by atoms with Crippen molar-refractivity contribution in [1.82, 2.24) is 0 Å². The molecule has 0 spiro atoms. The van der Waals surface area contributed by atoms with Crippen molar-refractivity contribution >= 4 is 19.8 Å². The summed E-state index contributed by atoms with van der Waals surface area (Å²) in [5, 5.41) is 30.3. The highest BCUT2D eigenvalue weighted by Crippen LogP contribution is 2.36. The van der Waals surface area contributed by atoms with Gasteiger partial charge in [-0.3, -0.25) is 14.1 Å². The summed E-state index contributed by atoms with van der Waals surface area (Å²) in [5.74, 6) is -1.28. The third-order valence-electron chi connectivity index (χ3n) is 8.25. The summed E-state index contributed by atoms with van der Waals surface area (Å²) in [7, 11) is -4.85. The molecule has 0 saturated carbocycles. The Morgan fingerprint density at radius 1 is 0.600 bits per heavy atom. The van der Waals surface area contributed by atoms with Gasteiger partial charge in [0.05, 0.1) is 24.9 Å². The standard InChI is InChI=1S/C43H71O11P/c1-3-5-7-8-9-10-11-12-13-14-15-16-17-18-19-24-28-34-43(48)54-39(37-53-55(49,50)51)36-52-42(47)35-29-33-41(46)40(45)32-27-23-21-20-22-26-31-38(44)30-25-6-4-2/h12-13,15-16,18-23,26-27,31-32,38-41,44-46H,3-11,14,17,24-25,28-30,33-37H2,1-2H3,(H2,49,50,51)/b13-12-,16-15-,19-18-,22-20-,23-21+,31-26+,32-27+/t38-,39-,40-,41-/m1/s1. The number of carbonyl (C=O) groups is 2. The quantitative estimate of drug-likeness (QED) is 0.0136. The van der Waals surface area contributed by atoms with E-state index >= 15 is 0 Å². The summed E-state index contributed by atoms with van der Waals surface area (Å²) >= 11 is 0. The first-order valence-electron chi connectivity index (χ1n) is 20.2. The Hall–Kier alpha value is -2.89. The second-order valence-corrected chi connectivity index (χ2v) is 14.7. The van der Waals surface area contributed by atoms with Crippen LogP contribution in [-0.4, -0.2) is 74.7 Å². The van der Waals surface area contributed by atoms with Gasteiger partial charge in [0.2, 0.25) is 0 Å². The van der Waals surface area contributed by atoms with Crippen molar-refractivity contribution in [2.75, 3.05) is 13.2 Å². The minimum Gasteiger partial charge on any atom is -0.462 e. The number of rotatable bonds is 35. The maximum absolute atomic E-state index is 12.4. The molecule has 11 nitrogen and oxygen atoms in total. The molecule has 0 unspecified atom stereocenters. The number of carbonyl (C=O) groups excluding carboxylic acids is 2. The van der Waals surface area contributed by atoms with Crippen molar-refractivity contribution in [2.24, 2.45) is 0 Å². The lowest BCUT2D eigenvalue weighted by atomic mass is 10.1. The number of ether oxygens (including phenoxy) is 2. The average Bonchev–Trinajstić information content (AvgIpc) is 3.14. The molecule has 55 heavy (non-hydrogen) atoms. The minimum absolute atomic E-state index is 0.0622. The van der Waals surface area contributed by atoms with Crippen LogP contribution in [-0.2, 0) is 28.2 Å². The zero-order valence-corrected chi connectivity index (χ0v) is 34.3. The van der Waals surface area contributed by atoms with E-state index < -0.39 is 57.4 Å². The van der Waals surface area contributed by atoms with E-state index in [1.165, 1.54) is 44.6 Å². The maximum atomic E-state index is 12.4. The molecule has 0 saturated heterocycles. The van der Waals surface area contributed by atoms with Gasteiger partial charge in [-0.1, -0.05) is 150 Å². The molecule has 0 aliphatic carbocycles. The Morgan fingerprint density at radius 3 is 1.80 bits per heavy atom. The normalized spacial score (nSPS) is 15.1. The highest BCUT2D eigenvalue weighted by Gasteiger charge is 2.23. The number of unbranched alkanes of at least 4 members (excludes halogenated alkanes) is 9. The number of aliphatic hydroxyl groups excluding tert-OH is 3. The van der Waals surface area contributed by atoms with E-state index in [4.69, 9.17) is 19.3 Å². The van der Waals surface area contributed by atoms with Crippen LogP contribution in [0, 0.1) is 0 Å². The van der Waals surface area contributed by atoms with Crippen molar-refractivity contribution in [3.63, 3.8) is 0 Å². The zero-order chi connectivity index (χ0) is 40.8. The van der Waals surface area contributed by atoms with Crippen LogP contribution in [0.1, 0.15) is 136 Å². The monoisotopic (exact) mass is 794 g/mol. The minimum atomic E-state index is -4.85. The van der Waals surface area contributed by atoms with Gasteiger partial charge in [-0.15, -0.1) is 0 Å². The van der Waals surface area contributed by atoms with Crippen LogP contribution in [0.5, 0.6) is 0 Å². The van der Waals surface area contributed by atoms with Crippen molar-refractivity contribution < 1.29 is 53.3 Å². The average molecular weight is 795 g/mol. The lowest BCUT2D eigenvalue weighted by Gasteiger charge is -2.18. The van der Waals surface area contributed by atoms with E-state index in [1.807, 2.05) is 12.2 Å². The van der Waals surface area contributed by atoms with Gasteiger partial charge in [0.15, 0.2) is 6.10 Å². The van der Waals surface area contributed by atoms with Gasteiger partial charge in [0, 0.05) is 12.8 Å². The van der Waals surface area contributed by atoms with E-state index in [0.717, 1.165) is 44.9 Å². The number of phosphoric acid groups is 1. The Kier molecular flexibility index (Phi) is 34.8. The van der Waals surface area contributed by atoms with Gasteiger partial charge < -0.3 is 34.6 Å². The van der Waals surface area contributed by atoms with Crippen molar-refractivity contribution in [1.29, 1.82) is 0 Å². The molecule has 0 amide bonds. The summed E-state index contributed by atoms with van der Waals surface area (Å²) in [6, 6.07) is 0. The molecule has 0 aromatic carbocycles. The molecule has 5 N–H and O–H groups in total. The zero-order valence-electron chi connectivity index (χ0n) is 33.4. The summed E-state index contributed by atoms with van der Waals surface area (Å²) in [6.45, 7) is 3.22. The highest BCUT2D eigenvalue weighted by atomic mass is 31.2. The lowest BCUT2D eigenvalue weighted by molar-refractivity contribution is -0.161. The van der Waals surface area contributed by atoms with E-state index in [0.29, 0.717) is 12.8 Å². The molecule has 0 heterocycles. The van der Waals surface area contributed by atoms with Crippen LogP contribution in [0.4, 0.5) is 0 Å². The SMILES string of the molecule is CCCCCCCC/C=C\C/C=C\C/C=C\CCCC(=O)O[C@H](COC(=O)CCC[C@@H](O)[C@H](O)/C=C/C=C/C=C\C=C\[C@H](O)CCCCC)COP(=O)(O)O. The molecular formula is C43H71O11P. The Labute approximate surface area is 330 Å². The number of hydrogen-bond donors (Lipinski definition) is 5. The second-order valence-electron chi connectivity index (χ2n) is 13.5. The molecule has 0 rings (SSSR count). The largest absolute Gasteiger partial charge is 0.469 e. The predicted octanol–water partition coefficient (Wildman–Crippen LogP) is 8.98. The first kappa shape index (κ1) is 52.1. The highest BCUT2D eigenvalue weighted by molar-refractivity contribution is 7.46. The van der Waals surface area contributed by atoms with Gasteiger partial charge in [-0.25, -0.2) is 4.57 Å². The number of phosphoric ester groups is 1. The first-order valence-corrected chi connectivity index (χ1v) is 21.7. The van der Waals surface area contributed by atoms with Crippen LogP contribution in [0.15, 0.2) is 85.1 Å². The molecule has 0 radical (unpaired) electrons. The van der Waals surface area contributed by atoms with Crippen LogP contribution in [0.25, 0.3) is 0 Å². The first-order chi connectivity index (χ1) is 26.5. The smallest absolute Gasteiger partial charge is 0.462 e. The number of allylic oxidation sites excluding steroid dienone is 12. The molecule has 4 atom stereocenters.